The molecule has 1 heterocycles. The summed E-state index contributed by atoms with van der Waals surface area (Å²) in [6.45, 7) is 3.55. The number of nitrogens with one attached hydrogen (secondary N) is 1. The number of nitrogens with zero attached hydrogens (tertiary/aromatic N) is 1. The van der Waals surface area contributed by atoms with Gasteiger partial charge in [0.15, 0.2) is 0 Å². The lowest BCUT2D eigenvalue weighted by Crippen LogP contribution is -2.34. The summed E-state index contributed by atoms with van der Waals surface area (Å²) in [7, 11) is 2.04. The number of halogens is 1. The second-order valence-corrected chi connectivity index (χ2v) is 5.72. The standard InChI is InChI=1S/C14H21BrN2/c1-16-8-5-12-6-9-17(10-7-12)14-4-2-3-13(15)11-14/h2-4,11-12,16H,5-10H2,1H3. The number of benzene rings is 1. The van der Waals surface area contributed by atoms with E-state index in [0.717, 1.165) is 12.5 Å². The molecule has 0 bridgehead atoms. The van der Waals surface area contributed by atoms with E-state index in [0.29, 0.717) is 0 Å². The molecule has 1 aromatic carbocycles. The van der Waals surface area contributed by atoms with Crippen LogP contribution in [-0.2, 0) is 0 Å². The van der Waals surface area contributed by atoms with Crippen molar-refractivity contribution in [2.45, 2.75) is 19.3 Å². The van der Waals surface area contributed by atoms with Crippen molar-refractivity contribution >= 4 is 21.6 Å². The molecule has 1 fully saturated rings. The molecule has 3 heteroatoms. The van der Waals surface area contributed by atoms with E-state index in [1.807, 2.05) is 7.05 Å². The number of hydrogen-bond acceptors (Lipinski definition) is 2. The van der Waals surface area contributed by atoms with Gasteiger partial charge in [-0.25, -0.2) is 0 Å². The van der Waals surface area contributed by atoms with Gasteiger partial charge in [-0.2, -0.15) is 0 Å². The lowest BCUT2D eigenvalue weighted by atomic mass is 9.93. The van der Waals surface area contributed by atoms with Crippen LogP contribution in [0.3, 0.4) is 0 Å². The minimum absolute atomic E-state index is 0.908. The van der Waals surface area contributed by atoms with E-state index in [1.165, 1.54) is 42.5 Å². The fraction of sp³-hybridized carbons (Fsp3) is 0.571. The first-order valence-electron chi connectivity index (χ1n) is 6.44. The maximum Gasteiger partial charge on any atom is 0.0377 e. The Morgan fingerprint density at radius 2 is 2.12 bits per heavy atom. The van der Waals surface area contributed by atoms with E-state index < -0.39 is 0 Å². The minimum atomic E-state index is 0.908. The predicted octanol–water partition coefficient (Wildman–Crippen LogP) is 3.28. The van der Waals surface area contributed by atoms with Crippen molar-refractivity contribution in [3.05, 3.63) is 28.7 Å². The van der Waals surface area contributed by atoms with Gasteiger partial charge in [-0.1, -0.05) is 22.0 Å². The van der Waals surface area contributed by atoms with Crippen molar-refractivity contribution in [3.8, 4) is 0 Å². The van der Waals surface area contributed by atoms with Gasteiger partial charge < -0.3 is 10.2 Å². The Kier molecular flexibility index (Phi) is 4.86. The normalized spacial score (nSPS) is 17.4. The van der Waals surface area contributed by atoms with Gasteiger partial charge in [-0.05, 0) is 57.0 Å². The largest absolute Gasteiger partial charge is 0.371 e. The molecule has 1 saturated heterocycles. The van der Waals surface area contributed by atoms with Gasteiger partial charge >= 0.3 is 0 Å². The summed E-state index contributed by atoms with van der Waals surface area (Å²) in [4.78, 5) is 2.50. The van der Waals surface area contributed by atoms with Crippen LogP contribution in [0.1, 0.15) is 19.3 Å². The first-order valence-corrected chi connectivity index (χ1v) is 7.24. The summed E-state index contributed by atoms with van der Waals surface area (Å²) >= 11 is 3.54. The average molecular weight is 297 g/mol. The lowest BCUT2D eigenvalue weighted by Gasteiger charge is -2.33. The Balaban J connectivity index is 1.86. The van der Waals surface area contributed by atoms with Gasteiger partial charge in [-0.15, -0.1) is 0 Å². The maximum atomic E-state index is 3.54. The van der Waals surface area contributed by atoms with Crippen LogP contribution in [0.25, 0.3) is 0 Å². The Labute approximate surface area is 113 Å². The minimum Gasteiger partial charge on any atom is -0.371 e. The Morgan fingerprint density at radius 3 is 2.76 bits per heavy atom. The van der Waals surface area contributed by atoms with Crippen LogP contribution in [0.4, 0.5) is 5.69 Å². The number of piperidine rings is 1. The first kappa shape index (κ1) is 12.9. The Bertz CT molecular complexity index is 346. The zero-order valence-electron chi connectivity index (χ0n) is 10.5. The molecule has 1 aliphatic heterocycles. The number of rotatable bonds is 4. The second kappa shape index (κ2) is 6.41. The quantitative estimate of drug-likeness (QED) is 0.917. The van der Waals surface area contributed by atoms with E-state index in [9.17, 15) is 0 Å². The molecule has 0 aliphatic carbocycles. The first-order chi connectivity index (χ1) is 8.29. The SMILES string of the molecule is CNCCC1CCN(c2cccc(Br)c2)CC1. The summed E-state index contributed by atoms with van der Waals surface area (Å²) in [5, 5.41) is 3.25. The van der Waals surface area contributed by atoms with Gasteiger partial charge in [0.05, 0.1) is 0 Å². The van der Waals surface area contributed by atoms with E-state index in [1.54, 1.807) is 0 Å². The van der Waals surface area contributed by atoms with Crippen molar-refractivity contribution < 1.29 is 0 Å². The van der Waals surface area contributed by atoms with Crippen LogP contribution < -0.4 is 10.2 Å². The molecular weight excluding hydrogens is 276 g/mol. The molecule has 0 amide bonds. The van der Waals surface area contributed by atoms with E-state index in [2.05, 4.69) is 50.4 Å². The predicted molar refractivity (Wildman–Crippen MR) is 77.6 cm³/mol. The lowest BCUT2D eigenvalue weighted by molar-refractivity contribution is 0.378. The summed E-state index contributed by atoms with van der Waals surface area (Å²) in [5.41, 5.74) is 1.35. The van der Waals surface area contributed by atoms with Gasteiger partial charge in [0, 0.05) is 23.2 Å². The van der Waals surface area contributed by atoms with Crippen molar-refractivity contribution in [3.63, 3.8) is 0 Å². The van der Waals surface area contributed by atoms with Crippen LogP contribution in [-0.4, -0.2) is 26.7 Å². The molecule has 94 valence electrons. The highest BCUT2D eigenvalue weighted by atomic mass is 79.9. The Hall–Kier alpha value is -0.540. The molecule has 1 aromatic rings. The molecule has 0 radical (unpaired) electrons. The highest BCUT2D eigenvalue weighted by molar-refractivity contribution is 9.10. The third kappa shape index (κ3) is 3.71. The smallest absolute Gasteiger partial charge is 0.0377 e. The average Bonchev–Trinajstić information content (AvgIpc) is 2.37. The molecule has 0 aromatic heterocycles. The summed E-state index contributed by atoms with van der Waals surface area (Å²) in [6.07, 6.45) is 3.98. The van der Waals surface area contributed by atoms with Crippen LogP contribution in [0.15, 0.2) is 28.7 Å². The van der Waals surface area contributed by atoms with Crippen molar-refractivity contribution in [2.24, 2.45) is 5.92 Å². The molecule has 1 aliphatic rings. The topological polar surface area (TPSA) is 15.3 Å². The van der Waals surface area contributed by atoms with Crippen molar-refractivity contribution in [2.75, 3.05) is 31.6 Å². The molecule has 17 heavy (non-hydrogen) atoms. The van der Waals surface area contributed by atoms with Crippen LogP contribution in [0.5, 0.6) is 0 Å². The fourth-order valence-electron chi connectivity index (χ4n) is 2.50. The molecule has 0 spiro atoms. The van der Waals surface area contributed by atoms with E-state index in [4.69, 9.17) is 0 Å². The Morgan fingerprint density at radius 1 is 1.35 bits per heavy atom. The molecule has 2 rings (SSSR count). The number of hydrogen-bond donors (Lipinski definition) is 1. The van der Waals surface area contributed by atoms with Crippen LogP contribution in [0, 0.1) is 5.92 Å². The van der Waals surface area contributed by atoms with Gasteiger partial charge in [-0.3, -0.25) is 0 Å². The van der Waals surface area contributed by atoms with Crippen molar-refractivity contribution in [1.29, 1.82) is 0 Å². The van der Waals surface area contributed by atoms with Gasteiger partial charge in [0.25, 0.3) is 0 Å². The van der Waals surface area contributed by atoms with Gasteiger partial charge in [0.2, 0.25) is 0 Å². The molecular formula is C14H21BrN2. The highest BCUT2D eigenvalue weighted by Gasteiger charge is 2.18. The third-order valence-electron chi connectivity index (χ3n) is 3.59. The molecule has 0 unspecified atom stereocenters. The van der Waals surface area contributed by atoms with Crippen molar-refractivity contribution in [1.82, 2.24) is 5.32 Å². The molecule has 0 atom stereocenters. The monoisotopic (exact) mass is 296 g/mol. The summed E-state index contributed by atoms with van der Waals surface area (Å²) in [6, 6.07) is 8.63. The van der Waals surface area contributed by atoms with Gasteiger partial charge in [0.1, 0.15) is 0 Å². The zero-order valence-corrected chi connectivity index (χ0v) is 12.0. The second-order valence-electron chi connectivity index (χ2n) is 4.80. The number of anilines is 1. The van der Waals surface area contributed by atoms with Crippen LogP contribution in [0.2, 0.25) is 0 Å². The molecule has 2 nitrogen and oxygen atoms in total. The molecule has 0 saturated carbocycles. The van der Waals surface area contributed by atoms with E-state index in [-0.39, 0.29) is 0 Å². The van der Waals surface area contributed by atoms with Crippen LogP contribution >= 0.6 is 15.9 Å². The third-order valence-corrected chi connectivity index (χ3v) is 4.08. The zero-order chi connectivity index (χ0) is 12.1. The van der Waals surface area contributed by atoms with E-state index >= 15 is 0 Å². The maximum absolute atomic E-state index is 3.54. The summed E-state index contributed by atoms with van der Waals surface area (Å²) in [5.74, 6) is 0.908. The summed E-state index contributed by atoms with van der Waals surface area (Å²) < 4.78 is 1.17. The fourth-order valence-corrected chi connectivity index (χ4v) is 2.89. The molecule has 1 N–H and O–H groups in total. The highest BCUT2D eigenvalue weighted by Crippen LogP contribution is 2.26.